The molecule has 0 aromatic rings. The monoisotopic (exact) mass is 202 g/mol. The van der Waals surface area contributed by atoms with Crippen LogP contribution in [0.1, 0.15) is 46.5 Å². The topological polar surface area (TPSA) is 9.23 Å². The largest absolute Gasteiger partial charge is 0.431 e. The van der Waals surface area contributed by atoms with E-state index in [-0.39, 0.29) is 0 Å². The predicted octanol–water partition coefficient (Wildman–Crippen LogP) is 4.40. The van der Waals surface area contributed by atoms with E-state index in [9.17, 15) is 0 Å². The standard InChI is InChI=1S/C11H22OS/c1-5-6-7-11(4)12-13-9-8-10(2)3/h10H,4-9H2,1-3H3. The van der Waals surface area contributed by atoms with Crippen LogP contribution in [0.5, 0.6) is 0 Å². The summed E-state index contributed by atoms with van der Waals surface area (Å²) in [5, 5.41) is 0. The van der Waals surface area contributed by atoms with E-state index in [4.69, 9.17) is 4.18 Å². The third-order valence-corrected chi connectivity index (χ3v) is 2.52. The fourth-order valence-corrected chi connectivity index (χ4v) is 1.73. The van der Waals surface area contributed by atoms with Gasteiger partial charge in [0.05, 0.1) is 12.0 Å². The van der Waals surface area contributed by atoms with E-state index in [1.165, 1.54) is 19.3 Å². The lowest BCUT2D eigenvalue weighted by Gasteiger charge is -2.07. The number of rotatable bonds is 8. The van der Waals surface area contributed by atoms with Gasteiger partial charge >= 0.3 is 0 Å². The Bertz CT molecular complexity index is 132. The van der Waals surface area contributed by atoms with Gasteiger partial charge < -0.3 is 4.18 Å². The van der Waals surface area contributed by atoms with Crippen molar-refractivity contribution >= 4 is 12.0 Å². The van der Waals surface area contributed by atoms with Gasteiger partial charge in [-0.05, 0) is 18.8 Å². The Kier molecular flexibility index (Phi) is 8.41. The van der Waals surface area contributed by atoms with Gasteiger partial charge in [-0.1, -0.05) is 33.8 Å². The fraction of sp³-hybridized carbons (Fsp3) is 0.818. The molecule has 2 heteroatoms. The van der Waals surface area contributed by atoms with E-state index in [1.807, 2.05) is 0 Å². The summed E-state index contributed by atoms with van der Waals surface area (Å²) in [5.74, 6) is 2.76. The first kappa shape index (κ1) is 12.9. The van der Waals surface area contributed by atoms with Crippen molar-refractivity contribution in [3.8, 4) is 0 Å². The van der Waals surface area contributed by atoms with Crippen LogP contribution >= 0.6 is 12.0 Å². The molecule has 0 aromatic heterocycles. The molecule has 0 unspecified atom stereocenters. The molecule has 0 aliphatic carbocycles. The van der Waals surface area contributed by atoms with Crippen LogP contribution in [0.15, 0.2) is 12.3 Å². The van der Waals surface area contributed by atoms with Gasteiger partial charge in [0.15, 0.2) is 0 Å². The van der Waals surface area contributed by atoms with Crippen LogP contribution in [0.25, 0.3) is 0 Å². The summed E-state index contributed by atoms with van der Waals surface area (Å²) in [7, 11) is 0. The maximum absolute atomic E-state index is 5.42. The first-order valence-electron chi connectivity index (χ1n) is 5.14. The second-order valence-corrected chi connectivity index (χ2v) is 4.54. The van der Waals surface area contributed by atoms with Gasteiger partial charge in [0, 0.05) is 12.2 Å². The molecule has 0 spiro atoms. The summed E-state index contributed by atoms with van der Waals surface area (Å²) in [6, 6.07) is 0. The predicted molar refractivity (Wildman–Crippen MR) is 61.7 cm³/mol. The molecule has 78 valence electrons. The SMILES string of the molecule is C=C(CCCC)OSCCC(C)C. The number of allylic oxidation sites excluding steroid dienone is 1. The quantitative estimate of drug-likeness (QED) is 0.328. The van der Waals surface area contributed by atoms with E-state index in [1.54, 1.807) is 12.0 Å². The zero-order chi connectivity index (χ0) is 10.1. The van der Waals surface area contributed by atoms with Crippen LogP contribution in [-0.4, -0.2) is 5.75 Å². The van der Waals surface area contributed by atoms with Crippen LogP contribution in [0.3, 0.4) is 0 Å². The Morgan fingerprint density at radius 3 is 2.69 bits per heavy atom. The zero-order valence-corrected chi connectivity index (χ0v) is 9.95. The minimum atomic E-state index is 0.764. The van der Waals surface area contributed by atoms with Crippen molar-refractivity contribution in [2.45, 2.75) is 46.5 Å². The molecule has 0 atom stereocenters. The number of unbranched alkanes of at least 4 members (excludes halogenated alkanes) is 1. The maximum Gasteiger partial charge on any atom is 0.107 e. The van der Waals surface area contributed by atoms with E-state index in [0.29, 0.717) is 0 Å². The molecule has 0 bridgehead atoms. The van der Waals surface area contributed by atoms with Gasteiger partial charge in [0.25, 0.3) is 0 Å². The molecule has 0 aromatic carbocycles. The van der Waals surface area contributed by atoms with E-state index in [0.717, 1.165) is 23.9 Å². The molecule has 0 heterocycles. The van der Waals surface area contributed by atoms with Crippen molar-refractivity contribution in [3.63, 3.8) is 0 Å². The van der Waals surface area contributed by atoms with Crippen LogP contribution < -0.4 is 0 Å². The Morgan fingerprint density at radius 1 is 1.46 bits per heavy atom. The highest BCUT2D eigenvalue weighted by molar-refractivity contribution is 7.94. The molecule has 0 N–H and O–H groups in total. The van der Waals surface area contributed by atoms with Crippen molar-refractivity contribution < 1.29 is 4.18 Å². The first-order chi connectivity index (χ1) is 6.16. The Morgan fingerprint density at radius 2 is 2.15 bits per heavy atom. The van der Waals surface area contributed by atoms with E-state index >= 15 is 0 Å². The van der Waals surface area contributed by atoms with Gasteiger partial charge in [-0.15, -0.1) is 0 Å². The minimum absolute atomic E-state index is 0.764. The molecule has 0 saturated carbocycles. The molecule has 0 amide bonds. The third-order valence-electron chi connectivity index (χ3n) is 1.76. The molecule has 0 aliphatic rings. The maximum atomic E-state index is 5.42. The molecular weight excluding hydrogens is 180 g/mol. The van der Waals surface area contributed by atoms with Crippen LogP contribution in [0.4, 0.5) is 0 Å². The van der Waals surface area contributed by atoms with Gasteiger partial charge in [0.2, 0.25) is 0 Å². The Labute approximate surface area is 87.1 Å². The van der Waals surface area contributed by atoms with Crippen LogP contribution in [-0.2, 0) is 4.18 Å². The molecule has 0 fully saturated rings. The second-order valence-electron chi connectivity index (χ2n) is 3.73. The molecular formula is C11H22OS. The average molecular weight is 202 g/mol. The lowest BCUT2D eigenvalue weighted by atomic mass is 10.2. The van der Waals surface area contributed by atoms with Gasteiger partial charge in [-0.2, -0.15) is 0 Å². The fourth-order valence-electron chi connectivity index (χ4n) is 0.824. The normalized spacial score (nSPS) is 10.5. The second kappa shape index (κ2) is 8.49. The van der Waals surface area contributed by atoms with E-state index < -0.39 is 0 Å². The highest BCUT2D eigenvalue weighted by atomic mass is 32.2. The molecule has 13 heavy (non-hydrogen) atoms. The Hall–Kier alpha value is -0.110. The van der Waals surface area contributed by atoms with Crippen LogP contribution in [0, 0.1) is 5.92 Å². The van der Waals surface area contributed by atoms with Crippen molar-refractivity contribution in [1.82, 2.24) is 0 Å². The highest BCUT2D eigenvalue weighted by Gasteiger charge is 1.97. The zero-order valence-electron chi connectivity index (χ0n) is 9.14. The molecule has 1 nitrogen and oxygen atoms in total. The average Bonchev–Trinajstić information content (AvgIpc) is 2.08. The Balaban J connectivity index is 3.17. The number of hydrogen-bond acceptors (Lipinski definition) is 2. The molecule has 0 aliphatic heterocycles. The first-order valence-corrected chi connectivity index (χ1v) is 6.05. The minimum Gasteiger partial charge on any atom is -0.431 e. The summed E-state index contributed by atoms with van der Waals surface area (Å²) in [4.78, 5) is 0. The summed E-state index contributed by atoms with van der Waals surface area (Å²) in [6.45, 7) is 10.5. The molecule has 0 rings (SSSR count). The molecule has 0 radical (unpaired) electrons. The lowest BCUT2D eigenvalue weighted by Crippen LogP contribution is -1.91. The van der Waals surface area contributed by atoms with Crippen molar-refractivity contribution in [2.75, 3.05) is 5.75 Å². The summed E-state index contributed by atoms with van der Waals surface area (Å²) in [5.41, 5.74) is 0. The van der Waals surface area contributed by atoms with Crippen LogP contribution in [0.2, 0.25) is 0 Å². The van der Waals surface area contributed by atoms with E-state index in [2.05, 4.69) is 27.4 Å². The van der Waals surface area contributed by atoms with Gasteiger partial charge in [-0.3, -0.25) is 0 Å². The van der Waals surface area contributed by atoms with Gasteiger partial charge in [0.1, 0.15) is 5.76 Å². The van der Waals surface area contributed by atoms with Crippen molar-refractivity contribution in [2.24, 2.45) is 5.92 Å². The summed E-state index contributed by atoms with van der Waals surface area (Å²) < 4.78 is 5.42. The van der Waals surface area contributed by atoms with Crippen molar-refractivity contribution in [3.05, 3.63) is 12.3 Å². The highest BCUT2D eigenvalue weighted by Crippen LogP contribution is 2.16. The van der Waals surface area contributed by atoms with Gasteiger partial charge in [-0.25, -0.2) is 0 Å². The smallest absolute Gasteiger partial charge is 0.107 e. The number of hydrogen-bond donors (Lipinski definition) is 0. The summed E-state index contributed by atoms with van der Waals surface area (Å²) in [6.07, 6.45) is 4.61. The molecule has 0 saturated heterocycles. The summed E-state index contributed by atoms with van der Waals surface area (Å²) >= 11 is 1.54. The third kappa shape index (κ3) is 9.81. The van der Waals surface area contributed by atoms with Crippen molar-refractivity contribution in [1.29, 1.82) is 0 Å². The lowest BCUT2D eigenvalue weighted by molar-refractivity contribution is 0.461.